The Hall–Kier alpha value is -2.54. The van der Waals surface area contributed by atoms with Crippen LogP contribution in [0.1, 0.15) is 36.7 Å². The number of hydrogen-bond acceptors (Lipinski definition) is 3. The Balaban J connectivity index is 3.02. The Labute approximate surface area is 125 Å². The van der Waals surface area contributed by atoms with E-state index in [1.165, 1.54) is 6.92 Å². The van der Waals surface area contributed by atoms with E-state index in [2.05, 4.69) is 23.7 Å². The van der Waals surface area contributed by atoms with E-state index in [1.807, 2.05) is 0 Å². The highest BCUT2D eigenvalue weighted by Gasteiger charge is 2.17. The van der Waals surface area contributed by atoms with Crippen molar-refractivity contribution in [2.24, 2.45) is 0 Å². The normalized spacial score (nSPS) is 10.0. The first-order valence-electron chi connectivity index (χ1n) is 6.56. The van der Waals surface area contributed by atoms with Gasteiger partial charge in [-0.15, -0.1) is 6.58 Å². The predicted molar refractivity (Wildman–Crippen MR) is 81.7 cm³/mol. The molecule has 0 bridgehead atoms. The number of nitrogens with one attached hydrogen (secondary N) is 1. The Kier molecular flexibility index (Phi) is 5.74. The van der Waals surface area contributed by atoms with Gasteiger partial charge in [0, 0.05) is 19.0 Å². The van der Waals surface area contributed by atoms with Crippen LogP contribution >= 0.6 is 0 Å². The van der Waals surface area contributed by atoms with Gasteiger partial charge in [-0.2, -0.15) is 0 Å². The molecule has 0 saturated heterocycles. The third kappa shape index (κ3) is 5.53. The summed E-state index contributed by atoms with van der Waals surface area (Å²) >= 11 is 0. The standard InChI is InChI=1S/C17H19NO3/c1-5-12-18-16(20)15-9-7-6-8-14(15)10-11-17(3,4)21-13(2)19/h5-9H,1,12H2,2-4H3,(H,18,20). The van der Waals surface area contributed by atoms with E-state index in [4.69, 9.17) is 4.74 Å². The SMILES string of the molecule is C=CCNC(=O)c1ccccc1C#CC(C)(C)OC(C)=O. The van der Waals surface area contributed by atoms with E-state index in [9.17, 15) is 9.59 Å². The summed E-state index contributed by atoms with van der Waals surface area (Å²) in [6, 6.07) is 7.01. The molecule has 110 valence electrons. The van der Waals surface area contributed by atoms with Gasteiger partial charge in [-0.1, -0.05) is 30.0 Å². The molecule has 1 aromatic carbocycles. The van der Waals surface area contributed by atoms with Crippen molar-refractivity contribution < 1.29 is 14.3 Å². The highest BCUT2D eigenvalue weighted by molar-refractivity contribution is 5.96. The zero-order valence-electron chi connectivity index (χ0n) is 12.5. The van der Waals surface area contributed by atoms with Crippen molar-refractivity contribution >= 4 is 11.9 Å². The Morgan fingerprint density at radius 1 is 1.38 bits per heavy atom. The van der Waals surface area contributed by atoms with Gasteiger partial charge in [0.25, 0.3) is 5.91 Å². The molecule has 4 heteroatoms. The third-order valence-corrected chi connectivity index (χ3v) is 2.48. The van der Waals surface area contributed by atoms with E-state index in [0.29, 0.717) is 17.7 Å². The first kappa shape index (κ1) is 16.5. The van der Waals surface area contributed by atoms with Crippen molar-refractivity contribution in [3.63, 3.8) is 0 Å². The number of esters is 1. The molecule has 0 saturated carbocycles. The zero-order valence-corrected chi connectivity index (χ0v) is 12.5. The van der Waals surface area contributed by atoms with Gasteiger partial charge in [-0.3, -0.25) is 9.59 Å². The predicted octanol–water partition coefficient (Wildman–Crippen LogP) is 2.30. The number of ether oxygens (including phenoxy) is 1. The van der Waals surface area contributed by atoms with Crippen LogP contribution in [0.15, 0.2) is 36.9 Å². The maximum Gasteiger partial charge on any atom is 0.304 e. The first-order chi connectivity index (χ1) is 9.85. The molecule has 0 atom stereocenters. The average Bonchev–Trinajstić information content (AvgIpc) is 2.41. The lowest BCUT2D eigenvalue weighted by molar-refractivity contribution is -0.148. The number of hydrogen-bond donors (Lipinski definition) is 1. The minimum absolute atomic E-state index is 0.218. The van der Waals surface area contributed by atoms with Gasteiger partial charge >= 0.3 is 5.97 Å². The molecule has 0 aliphatic rings. The van der Waals surface area contributed by atoms with Crippen LogP contribution < -0.4 is 5.32 Å². The molecule has 0 heterocycles. The van der Waals surface area contributed by atoms with Crippen LogP contribution in [0.5, 0.6) is 0 Å². The lowest BCUT2D eigenvalue weighted by Crippen LogP contribution is -2.25. The molecule has 0 spiro atoms. The number of benzene rings is 1. The summed E-state index contributed by atoms with van der Waals surface area (Å²) in [7, 11) is 0. The molecule has 1 rings (SSSR count). The van der Waals surface area contributed by atoms with Gasteiger partial charge in [0.2, 0.25) is 0 Å². The van der Waals surface area contributed by atoms with Crippen molar-refractivity contribution in [2.75, 3.05) is 6.54 Å². The summed E-state index contributed by atoms with van der Waals surface area (Å²) in [6.07, 6.45) is 1.61. The summed E-state index contributed by atoms with van der Waals surface area (Å²) < 4.78 is 5.10. The molecule has 0 aliphatic heterocycles. The highest BCUT2D eigenvalue weighted by atomic mass is 16.6. The van der Waals surface area contributed by atoms with Crippen molar-refractivity contribution in [3.05, 3.63) is 48.0 Å². The van der Waals surface area contributed by atoms with Crippen LogP contribution in [0.2, 0.25) is 0 Å². The molecular formula is C17H19NO3. The number of rotatable bonds is 4. The van der Waals surface area contributed by atoms with Gasteiger partial charge in [-0.25, -0.2) is 0 Å². The number of carbonyl (C=O) groups excluding carboxylic acids is 2. The van der Waals surface area contributed by atoms with Crippen LogP contribution in [0.3, 0.4) is 0 Å². The molecule has 0 aromatic heterocycles. The van der Waals surface area contributed by atoms with E-state index >= 15 is 0 Å². The van der Waals surface area contributed by atoms with E-state index in [-0.39, 0.29) is 5.91 Å². The van der Waals surface area contributed by atoms with Crippen molar-refractivity contribution in [1.82, 2.24) is 5.32 Å². The molecule has 4 nitrogen and oxygen atoms in total. The maximum absolute atomic E-state index is 12.0. The monoisotopic (exact) mass is 285 g/mol. The lowest BCUT2D eigenvalue weighted by Gasteiger charge is -2.17. The van der Waals surface area contributed by atoms with Gasteiger partial charge < -0.3 is 10.1 Å². The molecule has 1 aromatic rings. The van der Waals surface area contributed by atoms with Gasteiger partial charge in [0.1, 0.15) is 0 Å². The first-order valence-corrected chi connectivity index (χ1v) is 6.56. The largest absolute Gasteiger partial charge is 0.447 e. The lowest BCUT2D eigenvalue weighted by atomic mass is 10.0. The minimum Gasteiger partial charge on any atom is -0.447 e. The van der Waals surface area contributed by atoms with Crippen LogP contribution in [0, 0.1) is 11.8 Å². The van der Waals surface area contributed by atoms with Gasteiger partial charge in [-0.05, 0) is 26.0 Å². The van der Waals surface area contributed by atoms with E-state index in [0.717, 1.165) is 0 Å². The molecule has 0 fully saturated rings. The summed E-state index contributed by atoms with van der Waals surface area (Å²) in [5, 5.41) is 2.71. The topological polar surface area (TPSA) is 55.4 Å². The fourth-order valence-electron chi connectivity index (χ4n) is 1.65. The molecule has 0 radical (unpaired) electrons. The van der Waals surface area contributed by atoms with Crippen molar-refractivity contribution in [3.8, 4) is 11.8 Å². The fourth-order valence-corrected chi connectivity index (χ4v) is 1.65. The third-order valence-electron chi connectivity index (χ3n) is 2.48. The Bertz CT molecular complexity index is 606. The minimum atomic E-state index is -0.906. The Morgan fingerprint density at radius 2 is 2.05 bits per heavy atom. The highest BCUT2D eigenvalue weighted by Crippen LogP contribution is 2.11. The van der Waals surface area contributed by atoms with Crippen molar-refractivity contribution in [1.29, 1.82) is 0 Å². The average molecular weight is 285 g/mol. The second kappa shape index (κ2) is 7.30. The van der Waals surface area contributed by atoms with Crippen molar-refractivity contribution in [2.45, 2.75) is 26.4 Å². The summed E-state index contributed by atoms with van der Waals surface area (Å²) in [5.41, 5.74) is 0.154. The zero-order chi connectivity index (χ0) is 15.9. The van der Waals surface area contributed by atoms with Gasteiger partial charge in [0.15, 0.2) is 5.60 Å². The number of amides is 1. The molecule has 0 unspecified atom stereocenters. The summed E-state index contributed by atoms with van der Waals surface area (Å²) in [4.78, 5) is 23.0. The fraction of sp³-hybridized carbons (Fsp3) is 0.294. The summed E-state index contributed by atoms with van der Waals surface area (Å²) in [6.45, 7) is 8.67. The smallest absolute Gasteiger partial charge is 0.304 e. The quantitative estimate of drug-likeness (QED) is 0.524. The van der Waals surface area contributed by atoms with E-state index in [1.54, 1.807) is 44.2 Å². The summed E-state index contributed by atoms with van der Waals surface area (Å²) in [5.74, 6) is 5.15. The van der Waals surface area contributed by atoms with Crippen LogP contribution in [-0.2, 0) is 9.53 Å². The second-order valence-corrected chi connectivity index (χ2v) is 4.90. The molecule has 0 aliphatic carbocycles. The van der Waals surface area contributed by atoms with Gasteiger partial charge in [0.05, 0.1) is 5.56 Å². The Morgan fingerprint density at radius 3 is 2.67 bits per heavy atom. The second-order valence-electron chi connectivity index (χ2n) is 4.90. The van der Waals surface area contributed by atoms with Crippen LogP contribution in [0.25, 0.3) is 0 Å². The van der Waals surface area contributed by atoms with Crippen LogP contribution in [-0.4, -0.2) is 24.0 Å². The molecular weight excluding hydrogens is 266 g/mol. The molecule has 1 amide bonds. The molecule has 1 N–H and O–H groups in total. The molecule has 21 heavy (non-hydrogen) atoms. The number of carbonyl (C=O) groups is 2. The van der Waals surface area contributed by atoms with E-state index < -0.39 is 11.6 Å². The van der Waals surface area contributed by atoms with Crippen LogP contribution in [0.4, 0.5) is 0 Å². The maximum atomic E-state index is 12.0.